The second-order valence-electron chi connectivity index (χ2n) is 18.2. The van der Waals surface area contributed by atoms with E-state index < -0.39 is 11.9 Å². The Morgan fingerprint density at radius 1 is 0.400 bits per heavy atom. The molecule has 0 saturated heterocycles. The van der Waals surface area contributed by atoms with E-state index in [0.29, 0.717) is 135 Å². The third kappa shape index (κ3) is 16.9. The first-order valence-electron chi connectivity index (χ1n) is 24.8. The molecule has 0 spiro atoms. The largest absolute Gasteiger partial charge is 0.494 e. The summed E-state index contributed by atoms with van der Waals surface area (Å²) in [4.78, 5) is 75.4. The molecule has 70 heavy (non-hydrogen) atoms. The second-order valence-corrected chi connectivity index (χ2v) is 18.2. The number of ether oxygens (including phenoxy) is 8. The summed E-state index contributed by atoms with van der Waals surface area (Å²) in [6.45, 7) is 16.0. The predicted molar refractivity (Wildman–Crippen MR) is 262 cm³/mol. The molecule has 14 nitrogen and oxygen atoms in total. The van der Waals surface area contributed by atoms with Gasteiger partial charge in [-0.25, -0.2) is 9.59 Å². The molecule has 0 heterocycles. The fraction of sp³-hybridized carbons (Fsp3) is 0.500. The maximum absolute atomic E-state index is 13.5. The summed E-state index contributed by atoms with van der Waals surface area (Å²) >= 11 is 0. The number of rotatable bonds is 26. The highest BCUT2D eigenvalue weighted by Crippen LogP contribution is 2.40. The van der Waals surface area contributed by atoms with Crippen LogP contribution in [0.4, 0.5) is 0 Å². The zero-order valence-corrected chi connectivity index (χ0v) is 41.4. The molecule has 0 aromatic heterocycles. The lowest BCUT2D eigenvalue weighted by molar-refractivity contribution is -0.145. The minimum Gasteiger partial charge on any atom is -0.494 e. The van der Waals surface area contributed by atoms with Crippen molar-refractivity contribution >= 4 is 35.8 Å². The Bertz CT molecular complexity index is 2060. The van der Waals surface area contributed by atoms with Gasteiger partial charge in [0.05, 0.1) is 50.1 Å². The Morgan fingerprint density at radius 3 is 0.943 bits per heavy atom. The summed E-state index contributed by atoms with van der Waals surface area (Å²) in [5, 5.41) is 0. The molecular formula is C56H70O14. The van der Waals surface area contributed by atoms with Crippen molar-refractivity contribution in [3.63, 3.8) is 0 Å². The van der Waals surface area contributed by atoms with Crippen LogP contribution in [0.2, 0.25) is 0 Å². The number of hydrogen-bond acceptors (Lipinski definition) is 14. The van der Waals surface area contributed by atoms with Gasteiger partial charge in [0.1, 0.15) is 34.5 Å². The van der Waals surface area contributed by atoms with Gasteiger partial charge >= 0.3 is 35.8 Å². The summed E-state index contributed by atoms with van der Waals surface area (Å²) in [6.07, 6.45) is 13.3. The van der Waals surface area contributed by atoms with E-state index in [4.69, 9.17) is 37.9 Å². The SMILES string of the molecule is C=CC(=O)OCCCCCCOc1ccc(OC(=O)C2CCC(C(=O)Oc3c(C)c(C)c(OC(=O)C4CCC(C(=O)Oc5ccc(OCCCCCCOC(=O)C=C)cc5)CC4)c(C)c3C)CC2)cc1. The molecule has 0 atom stereocenters. The molecule has 0 amide bonds. The zero-order chi connectivity index (χ0) is 50.4. The van der Waals surface area contributed by atoms with Gasteiger partial charge in [-0.2, -0.15) is 0 Å². The van der Waals surface area contributed by atoms with Crippen LogP contribution in [0.3, 0.4) is 0 Å². The smallest absolute Gasteiger partial charge is 0.330 e. The molecule has 3 aromatic carbocycles. The molecular weight excluding hydrogens is 897 g/mol. The van der Waals surface area contributed by atoms with Crippen LogP contribution in [0.5, 0.6) is 34.5 Å². The third-order valence-electron chi connectivity index (χ3n) is 13.2. The van der Waals surface area contributed by atoms with Crippen LogP contribution in [0.15, 0.2) is 73.8 Å². The summed E-state index contributed by atoms with van der Waals surface area (Å²) in [7, 11) is 0. The molecule has 2 aliphatic rings. The van der Waals surface area contributed by atoms with E-state index in [0.717, 1.165) is 63.5 Å². The fourth-order valence-corrected chi connectivity index (χ4v) is 8.61. The van der Waals surface area contributed by atoms with Crippen LogP contribution >= 0.6 is 0 Å². The zero-order valence-electron chi connectivity index (χ0n) is 41.4. The lowest BCUT2D eigenvalue weighted by Gasteiger charge is -2.28. The standard InChI is InChI=1S/C56H70O14/c1-7-49(57)65-35-15-11-9-13-33-63-45-25-29-47(30-26-45)67-53(59)41-17-21-43(22-18-41)55(61)69-51-37(3)39(5)52(40(6)38(51)4)70-56(62)44-23-19-42(20-24-44)54(60)68-48-31-27-46(28-32-48)64-34-14-10-12-16-36-66-50(58)8-2/h7-8,25-32,41-44H,1-2,9-24,33-36H2,3-6H3. The summed E-state index contributed by atoms with van der Waals surface area (Å²) < 4.78 is 45.1. The molecule has 2 aliphatic carbocycles. The number of carbonyl (C=O) groups excluding carboxylic acids is 6. The first kappa shape index (κ1) is 54.5. The van der Waals surface area contributed by atoms with Crippen molar-refractivity contribution in [1.29, 1.82) is 0 Å². The monoisotopic (exact) mass is 966 g/mol. The van der Waals surface area contributed by atoms with Crippen molar-refractivity contribution in [2.45, 2.75) is 130 Å². The Kier molecular flexibility index (Phi) is 22.0. The number of benzene rings is 3. The summed E-state index contributed by atoms with van der Waals surface area (Å²) in [5.41, 5.74) is 2.82. The first-order chi connectivity index (χ1) is 33.8. The Morgan fingerprint density at radius 2 is 0.657 bits per heavy atom. The first-order valence-corrected chi connectivity index (χ1v) is 24.8. The van der Waals surface area contributed by atoms with E-state index >= 15 is 0 Å². The Labute approximate surface area is 412 Å². The predicted octanol–water partition coefficient (Wildman–Crippen LogP) is 10.9. The van der Waals surface area contributed by atoms with Crippen molar-refractivity contribution in [3.05, 3.63) is 96.1 Å². The summed E-state index contributed by atoms with van der Waals surface area (Å²) in [6, 6.07) is 13.9. The Balaban J connectivity index is 0.991. The lowest BCUT2D eigenvalue weighted by atomic mass is 9.82. The van der Waals surface area contributed by atoms with Gasteiger partial charge in [0.25, 0.3) is 0 Å². The van der Waals surface area contributed by atoms with Crippen molar-refractivity contribution in [1.82, 2.24) is 0 Å². The molecule has 2 saturated carbocycles. The lowest BCUT2D eigenvalue weighted by Crippen LogP contribution is -2.31. The topological polar surface area (TPSA) is 176 Å². The fourth-order valence-electron chi connectivity index (χ4n) is 8.61. The van der Waals surface area contributed by atoms with Gasteiger partial charge in [0.2, 0.25) is 0 Å². The van der Waals surface area contributed by atoms with Crippen LogP contribution in [0.25, 0.3) is 0 Å². The van der Waals surface area contributed by atoms with Crippen molar-refractivity contribution in [2.24, 2.45) is 23.7 Å². The molecule has 0 N–H and O–H groups in total. The third-order valence-corrected chi connectivity index (χ3v) is 13.2. The van der Waals surface area contributed by atoms with Crippen LogP contribution in [0, 0.1) is 51.4 Å². The highest BCUT2D eigenvalue weighted by molar-refractivity contribution is 5.82. The molecule has 378 valence electrons. The quantitative estimate of drug-likeness (QED) is 0.0321. The molecule has 3 aromatic rings. The average molecular weight is 967 g/mol. The van der Waals surface area contributed by atoms with Crippen molar-refractivity contribution in [2.75, 3.05) is 26.4 Å². The molecule has 14 heteroatoms. The molecule has 0 unspecified atom stereocenters. The van der Waals surface area contributed by atoms with Gasteiger partial charge in [-0.15, -0.1) is 0 Å². The van der Waals surface area contributed by atoms with Crippen molar-refractivity contribution in [3.8, 4) is 34.5 Å². The molecule has 0 aliphatic heterocycles. The van der Waals surface area contributed by atoms with Crippen molar-refractivity contribution < 1.29 is 66.7 Å². The number of carbonyl (C=O) groups is 6. The summed E-state index contributed by atoms with van der Waals surface area (Å²) in [5.74, 6) is -0.477. The van der Waals surface area contributed by atoms with Gasteiger partial charge in [-0.05, 0) is 201 Å². The van der Waals surface area contributed by atoms with E-state index in [1.165, 1.54) is 0 Å². The van der Waals surface area contributed by atoms with E-state index in [1.54, 1.807) is 48.5 Å². The van der Waals surface area contributed by atoms with Gasteiger partial charge in [-0.1, -0.05) is 13.2 Å². The molecule has 0 bridgehead atoms. The normalized spacial score (nSPS) is 17.5. The minimum atomic E-state index is -0.408. The maximum atomic E-state index is 13.5. The maximum Gasteiger partial charge on any atom is 0.330 e. The second kappa shape index (κ2) is 28.3. The molecule has 0 radical (unpaired) electrons. The number of hydrogen-bond donors (Lipinski definition) is 0. The van der Waals surface area contributed by atoms with Gasteiger partial charge < -0.3 is 37.9 Å². The average Bonchev–Trinajstić information content (AvgIpc) is 3.38. The highest BCUT2D eigenvalue weighted by Gasteiger charge is 2.35. The number of esters is 6. The van der Waals surface area contributed by atoms with Gasteiger partial charge in [0.15, 0.2) is 0 Å². The van der Waals surface area contributed by atoms with E-state index in [9.17, 15) is 28.8 Å². The van der Waals surface area contributed by atoms with E-state index in [1.807, 2.05) is 27.7 Å². The van der Waals surface area contributed by atoms with Crippen LogP contribution in [0.1, 0.15) is 125 Å². The molecule has 5 rings (SSSR count). The van der Waals surface area contributed by atoms with Crippen LogP contribution in [-0.4, -0.2) is 62.2 Å². The van der Waals surface area contributed by atoms with E-state index in [-0.39, 0.29) is 47.5 Å². The van der Waals surface area contributed by atoms with Gasteiger partial charge in [-0.3, -0.25) is 19.2 Å². The van der Waals surface area contributed by atoms with Gasteiger partial charge in [0, 0.05) is 12.2 Å². The minimum absolute atomic E-state index is 0.328. The van der Waals surface area contributed by atoms with E-state index in [2.05, 4.69) is 13.2 Å². The molecule has 2 fully saturated rings. The van der Waals surface area contributed by atoms with Crippen LogP contribution < -0.4 is 28.4 Å². The number of unbranched alkanes of at least 4 members (excludes halogenated alkanes) is 6. The highest BCUT2D eigenvalue weighted by atomic mass is 16.6. The van der Waals surface area contributed by atoms with Crippen LogP contribution in [-0.2, 0) is 38.2 Å². The Hall–Kier alpha value is -6.44.